The van der Waals surface area contributed by atoms with Crippen molar-refractivity contribution in [2.75, 3.05) is 20.7 Å². The third-order valence-electron chi connectivity index (χ3n) is 8.26. The van der Waals surface area contributed by atoms with E-state index in [2.05, 4.69) is 15.3 Å². The van der Waals surface area contributed by atoms with Gasteiger partial charge in [0.1, 0.15) is 5.65 Å². The van der Waals surface area contributed by atoms with Gasteiger partial charge >= 0.3 is 0 Å². The van der Waals surface area contributed by atoms with Crippen LogP contribution in [-0.4, -0.2) is 58.2 Å². The number of rotatable bonds is 9. The van der Waals surface area contributed by atoms with Gasteiger partial charge < -0.3 is 10.1 Å². The van der Waals surface area contributed by atoms with Crippen molar-refractivity contribution < 1.29 is 14.3 Å². The average Bonchev–Trinajstić information content (AvgIpc) is 3.46. The van der Waals surface area contributed by atoms with Crippen molar-refractivity contribution in [2.45, 2.75) is 32.4 Å². The summed E-state index contributed by atoms with van der Waals surface area (Å²) in [6.45, 7) is 3.16. The zero-order chi connectivity index (χ0) is 31.7. The zero-order valence-electron chi connectivity index (χ0n) is 25.2. The molecular formula is C35H32ClN5O4. The van der Waals surface area contributed by atoms with Gasteiger partial charge in [0, 0.05) is 49.1 Å². The van der Waals surface area contributed by atoms with Crippen LogP contribution in [0.5, 0.6) is 5.88 Å². The van der Waals surface area contributed by atoms with Crippen LogP contribution >= 0.6 is 11.6 Å². The van der Waals surface area contributed by atoms with Crippen molar-refractivity contribution in [3.63, 3.8) is 0 Å². The lowest BCUT2D eigenvalue weighted by Crippen LogP contribution is -2.37. The van der Waals surface area contributed by atoms with E-state index in [1.807, 2.05) is 67.4 Å². The van der Waals surface area contributed by atoms with Gasteiger partial charge in [-0.25, -0.2) is 9.97 Å². The number of likely N-dealkylation sites (N-methyl/N-ethyl adjacent to an activating group) is 1. The molecule has 1 saturated heterocycles. The first-order valence-electron chi connectivity index (χ1n) is 14.6. The second-order valence-corrected chi connectivity index (χ2v) is 11.7. The molecule has 0 saturated carbocycles. The Labute approximate surface area is 265 Å². The molecule has 1 fully saturated rings. The fraction of sp³-hybridized carbons (Fsp3) is 0.229. The summed E-state index contributed by atoms with van der Waals surface area (Å²) in [5.41, 5.74) is 7.43. The van der Waals surface area contributed by atoms with E-state index in [1.165, 1.54) is 7.11 Å². The molecule has 45 heavy (non-hydrogen) atoms. The molecule has 6 rings (SSSR count). The summed E-state index contributed by atoms with van der Waals surface area (Å²) in [5, 5.41) is 3.50. The summed E-state index contributed by atoms with van der Waals surface area (Å²) in [7, 11) is 3.42. The first-order valence-corrected chi connectivity index (χ1v) is 15.0. The summed E-state index contributed by atoms with van der Waals surface area (Å²) in [6, 6.07) is 19.2. The highest BCUT2D eigenvalue weighted by atomic mass is 35.5. The molecule has 228 valence electrons. The van der Waals surface area contributed by atoms with Gasteiger partial charge in [0.15, 0.2) is 6.29 Å². The SMILES string of the molecule is COc1nc(-c2cccc(-c3cccc(-c4ccn5c(=O)c(CN(C)C[C@@H]6CCC(=O)N6)cnc5c4)c3C)c2Cl)ccc1C=O. The Morgan fingerprint density at radius 3 is 2.56 bits per heavy atom. The lowest BCUT2D eigenvalue weighted by molar-refractivity contribution is -0.119. The van der Waals surface area contributed by atoms with Gasteiger partial charge in [-0.1, -0.05) is 48.0 Å². The first kappa shape index (κ1) is 30.2. The molecule has 2 aromatic carbocycles. The maximum absolute atomic E-state index is 13.4. The fourth-order valence-electron chi connectivity index (χ4n) is 5.97. The molecule has 0 unspecified atom stereocenters. The zero-order valence-corrected chi connectivity index (χ0v) is 26.0. The average molecular weight is 622 g/mol. The van der Waals surface area contributed by atoms with Gasteiger partial charge in [0.2, 0.25) is 11.8 Å². The van der Waals surface area contributed by atoms with Gasteiger partial charge in [0.05, 0.1) is 29.0 Å². The van der Waals surface area contributed by atoms with Crippen molar-refractivity contribution in [3.05, 3.63) is 105 Å². The lowest BCUT2D eigenvalue weighted by atomic mass is 9.92. The quantitative estimate of drug-likeness (QED) is 0.214. The van der Waals surface area contributed by atoms with Crippen LogP contribution in [-0.2, 0) is 11.3 Å². The van der Waals surface area contributed by atoms with Crippen molar-refractivity contribution in [2.24, 2.45) is 0 Å². The maximum Gasteiger partial charge on any atom is 0.262 e. The Morgan fingerprint density at radius 1 is 1.07 bits per heavy atom. The highest BCUT2D eigenvalue weighted by molar-refractivity contribution is 6.36. The number of aromatic nitrogens is 3. The van der Waals surface area contributed by atoms with E-state index >= 15 is 0 Å². The molecule has 1 atom stereocenters. The highest BCUT2D eigenvalue weighted by Crippen LogP contribution is 2.40. The van der Waals surface area contributed by atoms with Crippen LogP contribution in [0.3, 0.4) is 0 Å². The van der Waals surface area contributed by atoms with Crippen LogP contribution in [0, 0.1) is 6.92 Å². The summed E-state index contributed by atoms with van der Waals surface area (Å²) < 4.78 is 6.87. The van der Waals surface area contributed by atoms with Gasteiger partial charge in [0.25, 0.3) is 5.56 Å². The predicted molar refractivity (Wildman–Crippen MR) is 175 cm³/mol. The van der Waals surface area contributed by atoms with Gasteiger partial charge in [-0.15, -0.1) is 0 Å². The number of hydrogen-bond acceptors (Lipinski definition) is 7. The maximum atomic E-state index is 13.4. The number of hydrogen-bond donors (Lipinski definition) is 1. The third kappa shape index (κ3) is 5.96. The van der Waals surface area contributed by atoms with Gasteiger partial charge in [-0.2, -0.15) is 0 Å². The smallest absolute Gasteiger partial charge is 0.262 e. The van der Waals surface area contributed by atoms with E-state index in [0.29, 0.717) is 53.3 Å². The Bertz CT molecular complexity index is 2010. The number of ether oxygens (including phenoxy) is 1. The van der Waals surface area contributed by atoms with Gasteiger partial charge in [-0.3, -0.25) is 23.7 Å². The summed E-state index contributed by atoms with van der Waals surface area (Å²) in [5.74, 6) is 0.319. The van der Waals surface area contributed by atoms with E-state index in [9.17, 15) is 14.4 Å². The molecular weight excluding hydrogens is 590 g/mol. The minimum Gasteiger partial charge on any atom is -0.480 e. The fourth-order valence-corrected chi connectivity index (χ4v) is 6.29. The number of carbonyl (C=O) groups is 2. The van der Waals surface area contributed by atoms with Crippen molar-refractivity contribution >= 4 is 29.4 Å². The number of methoxy groups -OCH3 is 1. The molecule has 10 heteroatoms. The standard InChI is InChI=1S/C35H32ClN5O4/c1-21-26(6-4-7-27(21)28-8-5-9-29(33(28)36)30-12-10-23(20-42)34(39-30)45-3)22-14-15-41-31(16-22)37-17-24(35(41)44)18-40(2)19-25-11-13-32(43)38-25/h4-10,12,14-17,20,25H,11,13,18-19H2,1-3H3,(H,38,43)/t25-/m0/s1. The Balaban J connectivity index is 1.30. The Morgan fingerprint density at radius 2 is 1.82 bits per heavy atom. The van der Waals surface area contributed by atoms with Crippen LogP contribution in [0.15, 0.2) is 77.9 Å². The van der Waals surface area contributed by atoms with Crippen LogP contribution in [0.4, 0.5) is 0 Å². The summed E-state index contributed by atoms with van der Waals surface area (Å²) in [4.78, 5) is 47.4. The minimum atomic E-state index is -0.116. The second kappa shape index (κ2) is 12.6. The van der Waals surface area contributed by atoms with Crippen molar-refractivity contribution in [1.82, 2.24) is 24.6 Å². The van der Waals surface area contributed by atoms with E-state index in [4.69, 9.17) is 16.3 Å². The second-order valence-electron chi connectivity index (χ2n) is 11.3. The largest absolute Gasteiger partial charge is 0.480 e. The molecule has 9 nitrogen and oxygen atoms in total. The number of amides is 1. The number of nitrogens with zero attached hydrogens (tertiary/aromatic N) is 4. The van der Waals surface area contributed by atoms with E-state index in [1.54, 1.807) is 28.9 Å². The monoisotopic (exact) mass is 621 g/mol. The van der Waals surface area contributed by atoms with E-state index < -0.39 is 0 Å². The number of fused-ring (bicyclic) bond motifs is 1. The van der Waals surface area contributed by atoms with Crippen molar-refractivity contribution in [1.29, 1.82) is 0 Å². The van der Waals surface area contributed by atoms with Crippen LogP contribution in [0.2, 0.25) is 5.02 Å². The molecule has 4 heterocycles. The van der Waals surface area contributed by atoms with E-state index in [0.717, 1.165) is 39.8 Å². The molecule has 5 aromatic rings. The Kier molecular flexibility index (Phi) is 8.47. The minimum absolute atomic E-state index is 0.0784. The highest BCUT2D eigenvalue weighted by Gasteiger charge is 2.22. The van der Waals surface area contributed by atoms with Crippen LogP contribution < -0.4 is 15.6 Å². The van der Waals surface area contributed by atoms with E-state index in [-0.39, 0.29) is 23.4 Å². The predicted octanol–water partition coefficient (Wildman–Crippen LogP) is 5.58. The molecule has 1 aliphatic rings. The summed E-state index contributed by atoms with van der Waals surface area (Å²) >= 11 is 7.00. The number of nitrogens with one attached hydrogen (secondary N) is 1. The molecule has 0 radical (unpaired) electrons. The molecule has 3 aromatic heterocycles. The summed E-state index contributed by atoms with van der Waals surface area (Å²) in [6.07, 6.45) is 5.47. The Hall–Kier alpha value is -4.86. The topological polar surface area (TPSA) is 106 Å². The normalized spacial score (nSPS) is 14.6. The van der Waals surface area contributed by atoms with Gasteiger partial charge in [-0.05, 0) is 66.9 Å². The van der Waals surface area contributed by atoms with Crippen LogP contribution in [0.1, 0.15) is 34.3 Å². The number of halogens is 1. The molecule has 0 aliphatic carbocycles. The third-order valence-corrected chi connectivity index (χ3v) is 8.66. The molecule has 1 amide bonds. The number of benzene rings is 2. The molecule has 1 aliphatic heterocycles. The molecule has 0 bridgehead atoms. The van der Waals surface area contributed by atoms with Crippen LogP contribution in [0.25, 0.3) is 39.2 Å². The molecule has 1 N–H and O–H groups in total. The van der Waals surface area contributed by atoms with Crippen molar-refractivity contribution in [3.8, 4) is 39.4 Å². The lowest BCUT2D eigenvalue weighted by Gasteiger charge is -2.20. The molecule has 0 spiro atoms. The first-order chi connectivity index (χ1) is 21.8. The number of carbonyl (C=O) groups excluding carboxylic acids is 2. The number of pyridine rings is 2. The number of aldehydes is 1.